The smallest absolute Gasteiger partial charge is 0.164 e. The van der Waals surface area contributed by atoms with Gasteiger partial charge in [0.25, 0.3) is 0 Å². The summed E-state index contributed by atoms with van der Waals surface area (Å²) in [5.74, 6) is 1.83. The highest BCUT2D eigenvalue weighted by Gasteiger charge is 2.20. The Kier molecular flexibility index (Phi) is 6.42. The molecule has 5 nitrogen and oxygen atoms in total. The Labute approximate surface area is 287 Å². The van der Waals surface area contributed by atoms with Gasteiger partial charge >= 0.3 is 0 Å². The van der Waals surface area contributed by atoms with Crippen LogP contribution in [0.3, 0.4) is 0 Å². The molecule has 0 N–H and O–H groups in total. The number of furan rings is 2. The van der Waals surface area contributed by atoms with E-state index < -0.39 is 0 Å². The molecule has 0 fully saturated rings. The van der Waals surface area contributed by atoms with Gasteiger partial charge in [-0.05, 0) is 41.0 Å². The van der Waals surface area contributed by atoms with Crippen molar-refractivity contribution < 1.29 is 8.83 Å². The maximum atomic E-state index is 6.57. The number of aromatic nitrogens is 3. The average Bonchev–Trinajstić information content (AvgIpc) is 3.77. The molecule has 0 saturated heterocycles. The summed E-state index contributed by atoms with van der Waals surface area (Å²) in [5.41, 5.74) is 10.4. The van der Waals surface area contributed by atoms with Gasteiger partial charge in [-0.25, -0.2) is 15.0 Å². The Balaban J connectivity index is 1.14. The Morgan fingerprint density at radius 3 is 1.60 bits per heavy atom. The van der Waals surface area contributed by atoms with Gasteiger partial charge in [0.2, 0.25) is 0 Å². The van der Waals surface area contributed by atoms with Gasteiger partial charge in [0.15, 0.2) is 17.5 Å². The van der Waals surface area contributed by atoms with Crippen LogP contribution in [0.25, 0.3) is 100 Å². The van der Waals surface area contributed by atoms with E-state index in [2.05, 4.69) is 78.9 Å². The van der Waals surface area contributed by atoms with Gasteiger partial charge in [-0.2, -0.15) is 0 Å². The van der Waals surface area contributed by atoms with E-state index in [0.717, 1.165) is 82.8 Å². The van der Waals surface area contributed by atoms with Crippen molar-refractivity contribution in [1.29, 1.82) is 0 Å². The molecule has 0 aliphatic rings. The molecule has 0 aliphatic heterocycles. The number of para-hydroxylation sites is 2. The molecule has 10 aromatic rings. The molecule has 3 heterocycles. The summed E-state index contributed by atoms with van der Waals surface area (Å²) in [6.07, 6.45) is 0. The number of hydrogen-bond donors (Lipinski definition) is 0. The highest BCUT2D eigenvalue weighted by Crippen LogP contribution is 2.44. The minimum atomic E-state index is 0.588. The van der Waals surface area contributed by atoms with Gasteiger partial charge < -0.3 is 8.83 Å². The highest BCUT2D eigenvalue weighted by atomic mass is 16.3. The SMILES string of the molecule is c1ccc(-c2nc(-c3ccccc3)nc(-c3ccc4c(c3)oc3cccc(-c5ccccc5-c5cccc6c5oc5ccccc56)c34)n2)cc1. The van der Waals surface area contributed by atoms with Gasteiger partial charge in [-0.1, -0.05) is 140 Å². The lowest BCUT2D eigenvalue weighted by molar-refractivity contribution is 0.669. The Bertz CT molecular complexity index is 2810. The van der Waals surface area contributed by atoms with E-state index in [9.17, 15) is 0 Å². The molecule has 0 unspecified atom stereocenters. The van der Waals surface area contributed by atoms with Gasteiger partial charge in [0, 0.05) is 43.8 Å². The van der Waals surface area contributed by atoms with E-state index in [1.165, 1.54) is 0 Å². The third-order valence-electron chi connectivity index (χ3n) is 9.37. The van der Waals surface area contributed by atoms with Crippen molar-refractivity contribution in [1.82, 2.24) is 15.0 Å². The second-order valence-corrected chi connectivity index (χ2v) is 12.4. The van der Waals surface area contributed by atoms with Crippen LogP contribution in [0.4, 0.5) is 0 Å². The highest BCUT2D eigenvalue weighted by molar-refractivity contribution is 6.16. The summed E-state index contributed by atoms with van der Waals surface area (Å²) < 4.78 is 13.0. The van der Waals surface area contributed by atoms with Gasteiger partial charge in [0.1, 0.15) is 22.3 Å². The van der Waals surface area contributed by atoms with Gasteiger partial charge in [-0.15, -0.1) is 0 Å². The Hall–Kier alpha value is -6.85. The van der Waals surface area contributed by atoms with Crippen molar-refractivity contribution in [3.05, 3.63) is 164 Å². The minimum absolute atomic E-state index is 0.588. The van der Waals surface area contributed by atoms with Crippen LogP contribution in [-0.2, 0) is 0 Å². The van der Waals surface area contributed by atoms with Crippen molar-refractivity contribution in [2.24, 2.45) is 0 Å². The van der Waals surface area contributed by atoms with E-state index in [0.29, 0.717) is 17.5 Å². The first-order chi connectivity index (χ1) is 24.8. The number of fused-ring (bicyclic) bond motifs is 6. The van der Waals surface area contributed by atoms with Crippen LogP contribution >= 0.6 is 0 Å². The topological polar surface area (TPSA) is 65.0 Å². The van der Waals surface area contributed by atoms with Crippen LogP contribution in [-0.4, -0.2) is 15.0 Å². The van der Waals surface area contributed by atoms with Crippen LogP contribution in [0, 0.1) is 0 Å². The molecule has 50 heavy (non-hydrogen) atoms. The molecule has 0 amide bonds. The monoisotopic (exact) mass is 641 g/mol. The molecule has 0 saturated carbocycles. The van der Waals surface area contributed by atoms with E-state index in [1.54, 1.807) is 0 Å². The van der Waals surface area contributed by atoms with Gasteiger partial charge in [0.05, 0.1) is 0 Å². The summed E-state index contributed by atoms with van der Waals surface area (Å²) in [6, 6.07) is 55.7. The normalized spacial score (nSPS) is 11.6. The summed E-state index contributed by atoms with van der Waals surface area (Å²) >= 11 is 0. The molecule has 7 aromatic carbocycles. The third kappa shape index (κ3) is 4.60. The number of rotatable bonds is 5. The van der Waals surface area contributed by atoms with Crippen LogP contribution < -0.4 is 0 Å². The molecule has 5 heteroatoms. The largest absolute Gasteiger partial charge is 0.456 e. The summed E-state index contributed by atoms with van der Waals surface area (Å²) in [5, 5.41) is 4.31. The molecule has 3 aromatic heterocycles. The van der Waals surface area contributed by atoms with Crippen LogP contribution in [0.2, 0.25) is 0 Å². The van der Waals surface area contributed by atoms with E-state index >= 15 is 0 Å². The quantitative estimate of drug-likeness (QED) is 0.187. The predicted molar refractivity (Wildman–Crippen MR) is 202 cm³/mol. The Morgan fingerprint density at radius 2 is 0.860 bits per heavy atom. The summed E-state index contributed by atoms with van der Waals surface area (Å²) in [4.78, 5) is 14.7. The number of hydrogen-bond acceptors (Lipinski definition) is 5. The Morgan fingerprint density at radius 1 is 0.320 bits per heavy atom. The van der Waals surface area contributed by atoms with Crippen molar-refractivity contribution in [2.45, 2.75) is 0 Å². The maximum absolute atomic E-state index is 6.57. The fraction of sp³-hybridized carbons (Fsp3) is 0. The molecule has 0 spiro atoms. The minimum Gasteiger partial charge on any atom is -0.456 e. The zero-order valence-electron chi connectivity index (χ0n) is 26.7. The first kappa shape index (κ1) is 28.2. The standard InChI is InChI=1S/C45H27N3O2/c1-3-13-28(14-4-1)43-46-44(29-15-5-2-6-16-29)48-45(47-43)30-25-26-37-40(27-30)49-39-24-12-20-34(41(37)39)31-17-7-8-18-32(31)35-21-11-22-36-33-19-9-10-23-38(33)50-42(35)36/h1-27H. The lowest BCUT2D eigenvalue weighted by atomic mass is 9.91. The van der Waals surface area contributed by atoms with E-state index in [4.69, 9.17) is 23.8 Å². The van der Waals surface area contributed by atoms with Crippen molar-refractivity contribution in [3.8, 4) is 56.4 Å². The molecular formula is C45H27N3O2. The molecule has 234 valence electrons. The second kappa shape index (κ2) is 11.4. The van der Waals surface area contributed by atoms with Crippen molar-refractivity contribution >= 4 is 43.9 Å². The maximum Gasteiger partial charge on any atom is 0.164 e. The molecule has 0 atom stereocenters. The molecule has 0 bridgehead atoms. The summed E-state index contributed by atoms with van der Waals surface area (Å²) in [7, 11) is 0. The predicted octanol–water partition coefficient (Wildman–Crippen LogP) is 12.0. The fourth-order valence-electron chi connectivity index (χ4n) is 7.04. The van der Waals surface area contributed by atoms with Crippen LogP contribution in [0.15, 0.2) is 173 Å². The first-order valence-corrected chi connectivity index (χ1v) is 16.6. The lowest BCUT2D eigenvalue weighted by Gasteiger charge is -2.12. The molecule has 0 aliphatic carbocycles. The van der Waals surface area contributed by atoms with Gasteiger partial charge in [-0.3, -0.25) is 0 Å². The number of nitrogens with zero attached hydrogens (tertiary/aromatic N) is 3. The molecular weight excluding hydrogens is 615 g/mol. The summed E-state index contributed by atoms with van der Waals surface area (Å²) in [6.45, 7) is 0. The van der Waals surface area contributed by atoms with E-state index in [1.807, 2.05) is 84.9 Å². The van der Waals surface area contributed by atoms with Crippen LogP contribution in [0.5, 0.6) is 0 Å². The third-order valence-corrected chi connectivity index (χ3v) is 9.37. The average molecular weight is 642 g/mol. The molecule has 10 rings (SSSR count). The zero-order valence-corrected chi connectivity index (χ0v) is 26.7. The fourth-order valence-corrected chi connectivity index (χ4v) is 7.04. The van der Waals surface area contributed by atoms with Crippen molar-refractivity contribution in [2.75, 3.05) is 0 Å². The first-order valence-electron chi connectivity index (χ1n) is 16.6. The molecule has 0 radical (unpaired) electrons. The second-order valence-electron chi connectivity index (χ2n) is 12.4. The van der Waals surface area contributed by atoms with E-state index in [-0.39, 0.29) is 0 Å². The van der Waals surface area contributed by atoms with Crippen molar-refractivity contribution in [3.63, 3.8) is 0 Å². The zero-order chi connectivity index (χ0) is 33.0. The lowest BCUT2D eigenvalue weighted by Crippen LogP contribution is -2.00. The number of benzene rings is 7. The van der Waals surface area contributed by atoms with Crippen LogP contribution in [0.1, 0.15) is 0 Å².